The molecule has 6 nitrogen and oxygen atoms in total. The Labute approximate surface area is 114 Å². The fraction of sp³-hybridized carbons (Fsp3) is 0.250. The normalized spacial score (nSPS) is 9.79. The van der Waals surface area contributed by atoms with Crippen molar-refractivity contribution in [1.82, 2.24) is 0 Å². The van der Waals surface area contributed by atoms with Crippen molar-refractivity contribution < 1.29 is 24.2 Å². The second-order valence-electron chi connectivity index (χ2n) is 3.62. The number of ether oxygens (including phenoxy) is 1. The Bertz CT molecular complexity index is 515. The molecule has 1 aromatic rings. The third-order valence-electron chi connectivity index (χ3n) is 2.27. The molecule has 2 N–H and O–H groups in total. The molecule has 0 aromatic heterocycles. The second-order valence-corrected chi connectivity index (χ2v) is 4.06. The number of carboxylic acid groups (broad SMARTS) is 1. The first-order valence-electron chi connectivity index (χ1n) is 5.33. The summed E-state index contributed by atoms with van der Waals surface area (Å²) in [7, 11) is 1.22. The van der Waals surface area contributed by atoms with Crippen molar-refractivity contribution in [2.75, 3.05) is 12.4 Å². The lowest BCUT2D eigenvalue weighted by Crippen LogP contribution is -2.16. The minimum absolute atomic E-state index is 0.0733. The standard InChI is InChI=1S/C12H12ClNO5/c1-19-11(16)5-4-10(15)14-9-6-7(13)2-3-8(9)12(17)18/h2-3,6H,4-5H2,1H3,(H,14,15)(H,17,18). The number of aromatic carboxylic acids is 1. The van der Waals surface area contributed by atoms with Gasteiger partial charge < -0.3 is 15.2 Å². The Morgan fingerprint density at radius 2 is 2.00 bits per heavy atom. The fourth-order valence-corrected chi connectivity index (χ4v) is 1.51. The molecule has 0 heterocycles. The van der Waals surface area contributed by atoms with Crippen molar-refractivity contribution in [3.63, 3.8) is 0 Å². The maximum Gasteiger partial charge on any atom is 0.337 e. The fourth-order valence-electron chi connectivity index (χ4n) is 1.34. The summed E-state index contributed by atoms with van der Waals surface area (Å²) in [6.45, 7) is 0. The van der Waals surface area contributed by atoms with Crippen LogP contribution in [-0.4, -0.2) is 30.1 Å². The van der Waals surface area contributed by atoms with E-state index in [0.29, 0.717) is 5.02 Å². The van der Waals surface area contributed by atoms with E-state index >= 15 is 0 Å². The Hall–Kier alpha value is -2.08. The van der Waals surface area contributed by atoms with Crippen LogP contribution in [0.15, 0.2) is 18.2 Å². The lowest BCUT2D eigenvalue weighted by Gasteiger charge is -2.08. The molecule has 19 heavy (non-hydrogen) atoms. The first kappa shape index (κ1) is 15.0. The van der Waals surface area contributed by atoms with Crippen LogP contribution in [0.1, 0.15) is 23.2 Å². The molecule has 1 amide bonds. The number of hydrogen-bond acceptors (Lipinski definition) is 4. The minimum atomic E-state index is -1.18. The van der Waals surface area contributed by atoms with E-state index in [1.54, 1.807) is 0 Å². The number of nitrogens with one attached hydrogen (secondary N) is 1. The molecule has 0 aliphatic carbocycles. The van der Waals surface area contributed by atoms with E-state index in [0.717, 1.165) is 0 Å². The monoisotopic (exact) mass is 285 g/mol. The molecule has 1 rings (SSSR count). The van der Waals surface area contributed by atoms with Gasteiger partial charge in [0.1, 0.15) is 0 Å². The van der Waals surface area contributed by atoms with E-state index in [4.69, 9.17) is 16.7 Å². The minimum Gasteiger partial charge on any atom is -0.478 e. The van der Waals surface area contributed by atoms with E-state index in [2.05, 4.69) is 10.1 Å². The van der Waals surface area contributed by atoms with Crippen molar-refractivity contribution in [1.29, 1.82) is 0 Å². The molecular weight excluding hydrogens is 274 g/mol. The number of carbonyl (C=O) groups is 3. The number of halogens is 1. The van der Waals surface area contributed by atoms with Gasteiger partial charge in [0, 0.05) is 11.4 Å². The van der Waals surface area contributed by atoms with Gasteiger partial charge in [0.25, 0.3) is 0 Å². The van der Waals surface area contributed by atoms with Crippen molar-refractivity contribution in [3.8, 4) is 0 Å². The molecule has 7 heteroatoms. The van der Waals surface area contributed by atoms with Gasteiger partial charge in [-0.15, -0.1) is 0 Å². The van der Waals surface area contributed by atoms with Crippen LogP contribution in [-0.2, 0) is 14.3 Å². The molecule has 0 radical (unpaired) electrons. The number of carbonyl (C=O) groups excluding carboxylic acids is 2. The van der Waals surface area contributed by atoms with Gasteiger partial charge in [0.2, 0.25) is 5.91 Å². The molecule has 0 saturated heterocycles. The van der Waals surface area contributed by atoms with Gasteiger partial charge in [-0.2, -0.15) is 0 Å². The number of rotatable bonds is 5. The van der Waals surface area contributed by atoms with Gasteiger partial charge in [0.15, 0.2) is 0 Å². The van der Waals surface area contributed by atoms with Gasteiger partial charge >= 0.3 is 11.9 Å². The van der Waals surface area contributed by atoms with Crippen LogP contribution < -0.4 is 5.32 Å². The molecule has 1 aromatic carbocycles. The maximum absolute atomic E-state index is 11.6. The SMILES string of the molecule is COC(=O)CCC(=O)Nc1cc(Cl)ccc1C(=O)O. The summed E-state index contributed by atoms with van der Waals surface area (Å²) in [5, 5.41) is 11.7. The number of amides is 1. The van der Waals surface area contributed by atoms with Crippen LogP contribution in [0.25, 0.3) is 0 Å². The lowest BCUT2D eigenvalue weighted by atomic mass is 10.1. The highest BCUT2D eigenvalue weighted by molar-refractivity contribution is 6.31. The summed E-state index contributed by atoms with van der Waals surface area (Å²) < 4.78 is 4.40. The van der Waals surface area contributed by atoms with E-state index < -0.39 is 17.8 Å². The second kappa shape index (κ2) is 6.75. The number of carboxylic acids is 1. The molecule has 0 aliphatic rings. The van der Waals surface area contributed by atoms with Crippen LogP contribution in [0, 0.1) is 0 Å². The van der Waals surface area contributed by atoms with Gasteiger partial charge in [-0.05, 0) is 18.2 Å². The number of benzene rings is 1. The smallest absolute Gasteiger partial charge is 0.337 e. The summed E-state index contributed by atoms with van der Waals surface area (Å²) in [4.78, 5) is 33.4. The summed E-state index contributed by atoms with van der Waals surface area (Å²) in [5.41, 5.74) is 0.0192. The van der Waals surface area contributed by atoms with Crippen LogP contribution in [0.2, 0.25) is 5.02 Å². The molecule has 0 atom stereocenters. The molecule has 0 aliphatic heterocycles. The molecule has 0 bridgehead atoms. The highest BCUT2D eigenvalue weighted by atomic mass is 35.5. The molecule has 102 valence electrons. The first-order chi connectivity index (χ1) is 8.93. The molecule has 0 fully saturated rings. The van der Waals surface area contributed by atoms with Crippen LogP contribution in [0.4, 0.5) is 5.69 Å². The third kappa shape index (κ3) is 4.59. The van der Waals surface area contributed by atoms with Crippen molar-refractivity contribution in [2.45, 2.75) is 12.8 Å². The number of hydrogen-bond donors (Lipinski definition) is 2. The summed E-state index contributed by atoms with van der Waals surface area (Å²) in [6, 6.07) is 4.04. The summed E-state index contributed by atoms with van der Waals surface area (Å²) in [6.07, 6.45) is -0.177. The van der Waals surface area contributed by atoms with Gasteiger partial charge in [-0.1, -0.05) is 11.6 Å². The first-order valence-corrected chi connectivity index (χ1v) is 5.71. The predicted molar refractivity (Wildman–Crippen MR) is 68.3 cm³/mol. The average molecular weight is 286 g/mol. The van der Waals surface area contributed by atoms with E-state index in [1.807, 2.05) is 0 Å². The molecule has 0 spiro atoms. The topological polar surface area (TPSA) is 92.7 Å². The van der Waals surface area contributed by atoms with Gasteiger partial charge in [0.05, 0.1) is 24.8 Å². The largest absolute Gasteiger partial charge is 0.478 e. The number of anilines is 1. The van der Waals surface area contributed by atoms with Gasteiger partial charge in [-0.3, -0.25) is 9.59 Å². The Kier molecular flexibility index (Phi) is 5.32. The van der Waals surface area contributed by atoms with Gasteiger partial charge in [-0.25, -0.2) is 4.79 Å². The predicted octanol–water partition coefficient (Wildman–Crippen LogP) is 1.93. The van der Waals surface area contributed by atoms with E-state index in [1.165, 1.54) is 25.3 Å². The lowest BCUT2D eigenvalue weighted by molar-refractivity contribution is -0.141. The number of methoxy groups -OCH3 is 1. The zero-order valence-corrected chi connectivity index (χ0v) is 10.9. The maximum atomic E-state index is 11.6. The quantitative estimate of drug-likeness (QED) is 0.806. The van der Waals surface area contributed by atoms with Crippen LogP contribution >= 0.6 is 11.6 Å². The van der Waals surface area contributed by atoms with Crippen molar-refractivity contribution in [2.24, 2.45) is 0 Å². The molecular formula is C12H12ClNO5. The zero-order chi connectivity index (χ0) is 14.4. The summed E-state index contributed by atoms with van der Waals surface area (Å²) in [5.74, 6) is -2.19. The Morgan fingerprint density at radius 3 is 2.58 bits per heavy atom. The number of esters is 1. The Morgan fingerprint density at radius 1 is 1.32 bits per heavy atom. The Balaban J connectivity index is 2.75. The zero-order valence-electron chi connectivity index (χ0n) is 10.1. The highest BCUT2D eigenvalue weighted by Crippen LogP contribution is 2.21. The molecule has 0 saturated carbocycles. The van der Waals surface area contributed by atoms with Crippen LogP contribution in [0.5, 0.6) is 0 Å². The van der Waals surface area contributed by atoms with Crippen molar-refractivity contribution in [3.05, 3.63) is 28.8 Å². The van der Waals surface area contributed by atoms with E-state index in [-0.39, 0.29) is 24.1 Å². The summed E-state index contributed by atoms with van der Waals surface area (Å²) >= 11 is 5.74. The van der Waals surface area contributed by atoms with E-state index in [9.17, 15) is 14.4 Å². The third-order valence-corrected chi connectivity index (χ3v) is 2.51. The van der Waals surface area contributed by atoms with Crippen molar-refractivity contribution >= 4 is 35.1 Å². The molecule has 0 unspecified atom stereocenters. The highest BCUT2D eigenvalue weighted by Gasteiger charge is 2.14. The van der Waals surface area contributed by atoms with Crippen LogP contribution in [0.3, 0.4) is 0 Å². The average Bonchev–Trinajstić information content (AvgIpc) is 2.35.